The van der Waals surface area contributed by atoms with E-state index in [1.165, 1.54) is 4.90 Å². The van der Waals surface area contributed by atoms with Crippen LogP contribution < -0.4 is 5.32 Å². The van der Waals surface area contributed by atoms with Crippen LogP contribution in [0.2, 0.25) is 5.02 Å². The van der Waals surface area contributed by atoms with E-state index in [1.54, 1.807) is 44.7 Å². The summed E-state index contributed by atoms with van der Waals surface area (Å²) < 4.78 is 1.98. The van der Waals surface area contributed by atoms with Crippen LogP contribution in [0, 0.1) is 13.8 Å². The van der Waals surface area contributed by atoms with Gasteiger partial charge in [-0.1, -0.05) is 11.6 Å². The largest absolute Gasteiger partial charge is 0.345 e. The summed E-state index contributed by atoms with van der Waals surface area (Å²) in [6, 6.07) is 10.5. The molecule has 0 aliphatic carbocycles. The standard InChI is InChI=1S/C21H21ClN4O2/c1-13-10-17(14(2)26(13)16-6-5-9-23-12-16)20(27)24-15-7-8-19(22)18(11-15)21(28)25(3)4/h5-12H,1-4H3,(H,24,27). The molecule has 1 aromatic carbocycles. The molecular weight excluding hydrogens is 376 g/mol. The van der Waals surface area contributed by atoms with Crippen LogP contribution in [0.25, 0.3) is 5.69 Å². The van der Waals surface area contributed by atoms with E-state index in [2.05, 4.69) is 10.3 Å². The van der Waals surface area contributed by atoms with Crippen molar-refractivity contribution >= 4 is 29.1 Å². The second-order valence-electron chi connectivity index (χ2n) is 6.68. The second kappa shape index (κ2) is 7.86. The maximum atomic E-state index is 12.9. The number of aromatic nitrogens is 2. The lowest BCUT2D eigenvalue weighted by Gasteiger charge is -2.13. The lowest BCUT2D eigenvalue weighted by Crippen LogP contribution is -2.22. The van der Waals surface area contributed by atoms with Crippen LogP contribution in [0.5, 0.6) is 0 Å². The summed E-state index contributed by atoms with van der Waals surface area (Å²) in [5.74, 6) is -0.482. The van der Waals surface area contributed by atoms with Crippen molar-refractivity contribution in [3.8, 4) is 5.69 Å². The summed E-state index contributed by atoms with van der Waals surface area (Å²) >= 11 is 6.14. The van der Waals surface area contributed by atoms with Gasteiger partial charge in [0.15, 0.2) is 0 Å². The molecule has 2 heterocycles. The first-order valence-corrected chi connectivity index (χ1v) is 9.09. The molecular formula is C21H21ClN4O2. The number of nitrogens with zero attached hydrogens (tertiary/aromatic N) is 3. The predicted octanol–water partition coefficient (Wildman–Crippen LogP) is 4.10. The first-order valence-electron chi connectivity index (χ1n) is 8.71. The Kier molecular flexibility index (Phi) is 5.51. The van der Waals surface area contributed by atoms with Crippen molar-refractivity contribution in [3.05, 3.63) is 76.3 Å². The van der Waals surface area contributed by atoms with Crippen LogP contribution in [-0.4, -0.2) is 40.4 Å². The fourth-order valence-electron chi connectivity index (χ4n) is 3.08. The normalized spacial score (nSPS) is 10.6. The zero-order chi connectivity index (χ0) is 20.4. The quantitative estimate of drug-likeness (QED) is 0.722. The number of hydrogen-bond acceptors (Lipinski definition) is 3. The Morgan fingerprint density at radius 3 is 2.50 bits per heavy atom. The molecule has 0 saturated heterocycles. The number of benzene rings is 1. The van der Waals surface area contributed by atoms with E-state index < -0.39 is 0 Å². The van der Waals surface area contributed by atoms with Gasteiger partial charge in [-0.2, -0.15) is 0 Å². The van der Waals surface area contributed by atoms with Gasteiger partial charge >= 0.3 is 0 Å². The Morgan fingerprint density at radius 1 is 1.11 bits per heavy atom. The number of amides is 2. The van der Waals surface area contributed by atoms with Crippen molar-refractivity contribution in [3.63, 3.8) is 0 Å². The van der Waals surface area contributed by atoms with E-state index in [0.29, 0.717) is 21.8 Å². The highest BCUT2D eigenvalue weighted by molar-refractivity contribution is 6.34. The molecule has 6 nitrogen and oxygen atoms in total. The first-order chi connectivity index (χ1) is 13.3. The van der Waals surface area contributed by atoms with Gasteiger partial charge < -0.3 is 14.8 Å². The molecule has 1 N–H and O–H groups in total. The topological polar surface area (TPSA) is 67.2 Å². The van der Waals surface area contributed by atoms with Crippen molar-refractivity contribution in [2.24, 2.45) is 0 Å². The summed E-state index contributed by atoms with van der Waals surface area (Å²) in [5, 5.41) is 3.19. The van der Waals surface area contributed by atoms with Crippen LogP contribution in [0.4, 0.5) is 5.69 Å². The Balaban J connectivity index is 1.91. The van der Waals surface area contributed by atoms with E-state index in [-0.39, 0.29) is 11.8 Å². The molecule has 0 spiro atoms. The lowest BCUT2D eigenvalue weighted by molar-refractivity contribution is 0.0827. The van der Waals surface area contributed by atoms with E-state index in [4.69, 9.17) is 11.6 Å². The van der Waals surface area contributed by atoms with Gasteiger partial charge in [0.2, 0.25) is 0 Å². The number of carbonyl (C=O) groups excluding carboxylic acids is 2. The van der Waals surface area contributed by atoms with Crippen LogP contribution in [0.3, 0.4) is 0 Å². The minimum Gasteiger partial charge on any atom is -0.345 e. The van der Waals surface area contributed by atoms with E-state index >= 15 is 0 Å². The van der Waals surface area contributed by atoms with Crippen molar-refractivity contribution < 1.29 is 9.59 Å². The number of anilines is 1. The number of rotatable bonds is 4. The molecule has 0 bridgehead atoms. The summed E-state index contributed by atoms with van der Waals surface area (Å²) in [5.41, 5.74) is 4.02. The molecule has 0 unspecified atom stereocenters. The lowest BCUT2D eigenvalue weighted by atomic mass is 10.1. The first kappa shape index (κ1) is 19.6. The molecule has 144 valence electrons. The number of hydrogen-bond donors (Lipinski definition) is 1. The Hall–Kier alpha value is -3.12. The fraction of sp³-hybridized carbons (Fsp3) is 0.190. The molecule has 28 heavy (non-hydrogen) atoms. The van der Waals surface area contributed by atoms with Gasteiger partial charge in [-0.3, -0.25) is 14.6 Å². The fourth-order valence-corrected chi connectivity index (χ4v) is 3.28. The number of halogens is 1. The number of carbonyl (C=O) groups is 2. The third-order valence-electron chi connectivity index (χ3n) is 4.44. The maximum Gasteiger partial charge on any atom is 0.257 e. The average molecular weight is 397 g/mol. The minimum absolute atomic E-state index is 0.226. The van der Waals surface area contributed by atoms with Crippen molar-refractivity contribution in [2.75, 3.05) is 19.4 Å². The molecule has 0 saturated carbocycles. The van der Waals surface area contributed by atoms with Crippen LogP contribution in [0.15, 0.2) is 48.8 Å². The van der Waals surface area contributed by atoms with Crippen molar-refractivity contribution in [2.45, 2.75) is 13.8 Å². The minimum atomic E-state index is -0.256. The summed E-state index contributed by atoms with van der Waals surface area (Å²) in [4.78, 5) is 30.7. The average Bonchev–Trinajstić information content (AvgIpc) is 2.97. The Labute approximate surface area is 168 Å². The molecule has 0 fully saturated rings. The second-order valence-corrected chi connectivity index (χ2v) is 7.09. The molecule has 0 radical (unpaired) electrons. The number of pyridine rings is 1. The molecule has 7 heteroatoms. The molecule has 0 aliphatic heterocycles. The predicted molar refractivity (Wildman–Crippen MR) is 110 cm³/mol. The molecule has 3 aromatic rings. The summed E-state index contributed by atoms with van der Waals surface area (Å²) in [6.45, 7) is 3.82. The molecule has 3 rings (SSSR count). The highest BCUT2D eigenvalue weighted by Gasteiger charge is 2.18. The number of aryl methyl sites for hydroxylation is 1. The van der Waals surface area contributed by atoms with E-state index in [9.17, 15) is 9.59 Å². The van der Waals surface area contributed by atoms with Gasteiger partial charge in [0.1, 0.15) is 0 Å². The molecule has 2 aromatic heterocycles. The molecule has 2 amide bonds. The van der Waals surface area contributed by atoms with Gasteiger partial charge in [0.05, 0.1) is 28.0 Å². The maximum absolute atomic E-state index is 12.9. The zero-order valence-corrected chi connectivity index (χ0v) is 16.9. The number of nitrogens with one attached hydrogen (secondary N) is 1. The SMILES string of the molecule is Cc1cc(C(=O)Nc2ccc(Cl)c(C(=O)N(C)C)c2)c(C)n1-c1cccnc1. The van der Waals surface area contributed by atoms with Gasteiger partial charge in [-0.25, -0.2) is 0 Å². The molecule has 0 aliphatic rings. The van der Waals surface area contributed by atoms with Gasteiger partial charge in [-0.15, -0.1) is 0 Å². The zero-order valence-electron chi connectivity index (χ0n) is 16.2. The highest BCUT2D eigenvalue weighted by Crippen LogP contribution is 2.24. The van der Waals surface area contributed by atoms with E-state index in [0.717, 1.165) is 17.1 Å². The monoisotopic (exact) mass is 396 g/mol. The Morgan fingerprint density at radius 2 is 1.86 bits per heavy atom. The van der Waals surface area contributed by atoms with Crippen LogP contribution in [0.1, 0.15) is 32.1 Å². The van der Waals surface area contributed by atoms with E-state index in [1.807, 2.05) is 36.6 Å². The van der Waals surface area contributed by atoms with Gasteiger partial charge in [0, 0.05) is 37.4 Å². The van der Waals surface area contributed by atoms with Gasteiger partial charge in [0.25, 0.3) is 11.8 Å². The Bertz CT molecular complexity index is 1040. The van der Waals surface area contributed by atoms with Crippen LogP contribution >= 0.6 is 11.6 Å². The smallest absolute Gasteiger partial charge is 0.257 e. The van der Waals surface area contributed by atoms with Crippen molar-refractivity contribution in [1.29, 1.82) is 0 Å². The van der Waals surface area contributed by atoms with Gasteiger partial charge in [-0.05, 0) is 50.2 Å². The van der Waals surface area contributed by atoms with Crippen LogP contribution in [-0.2, 0) is 0 Å². The molecule has 0 atom stereocenters. The highest BCUT2D eigenvalue weighted by atomic mass is 35.5. The van der Waals surface area contributed by atoms with Crippen molar-refractivity contribution in [1.82, 2.24) is 14.5 Å². The third kappa shape index (κ3) is 3.77. The summed E-state index contributed by atoms with van der Waals surface area (Å²) in [7, 11) is 3.30. The third-order valence-corrected chi connectivity index (χ3v) is 4.77. The summed E-state index contributed by atoms with van der Waals surface area (Å²) in [6.07, 6.45) is 3.46.